The number of carbonyl (C=O) groups is 1. The largest absolute Gasteiger partial charge is 0.494 e. The Kier molecular flexibility index (Phi) is 5.28. The molecule has 0 aliphatic carbocycles. The molecule has 2 aromatic carbocycles. The number of thiazole rings is 1. The number of hydrogen-bond donors (Lipinski definition) is 1. The van der Waals surface area contributed by atoms with Gasteiger partial charge in [0.05, 0.1) is 18.2 Å². The zero-order valence-corrected chi connectivity index (χ0v) is 17.0. The second kappa shape index (κ2) is 8.03. The summed E-state index contributed by atoms with van der Waals surface area (Å²) in [6, 6.07) is 11.4. The fraction of sp³-hybridized carbons (Fsp3) is 0.143. The summed E-state index contributed by atoms with van der Waals surface area (Å²) >= 11 is 1.21. The minimum Gasteiger partial charge on any atom is -0.494 e. The van der Waals surface area contributed by atoms with Gasteiger partial charge in [0, 0.05) is 22.9 Å². The van der Waals surface area contributed by atoms with Crippen LogP contribution in [-0.2, 0) is 6.54 Å². The topological polar surface area (TPSA) is 86.1 Å². The Hall–Kier alpha value is -3.59. The number of ether oxygens (including phenoxy) is 1. The van der Waals surface area contributed by atoms with E-state index in [1.165, 1.54) is 35.3 Å². The molecular formula is C21H17FN4O3S. The number of aryl methyl sites for hydroxylation is 1. The predicted octanol–water partition coefficient (Wildman–Crippen LogP) is 3.94. The molecule has 7 nitrogen and oxygen atoms in total. The number of aromatic nitrogens is 3. The average Bonchev–Trinajstić information content (AvgIpc) is 3.22. The molecule has 0 aliphatic heterocycles. The number of halogens is 1. The van der Waals surface area contributed by atoms with Gasteiger partial charge < -0.3 is 4.74 Å². The molecule has 0 aliphatic rings. The number of fused-ring (bicyclic) bond motifs is 1. The molecule has 0 radical (unpaired) electrons. The van der Waals surface area contributed by atoms with Gasteiger partial charge in [-0.25, -0.2) is 14.1 Å². The van der Waals surface area contributed by atoms with Gasteiger partial charge in [0.25, 0.3) is 11.5 Å². The molecule has 9 heteroatoms. The number of methoxy groups -OCH3 is 1. The van der Waals surface area contributed by atoms with Gasteiger partial charge in [0.2, 0.25) is 0 Å². The SMILES string of the molecule is CCn1nc(C(=O)Nc2nc(-c3ccc(OC)c(F)c3)cs2)c2ccccc2c1=O. The van der Waals surface area contributed by atoms with Crippen molar-refractivity contribution in [2.75, 3.05) is 12.4 Å². The van der Waals surface area contributed by atoms with E-state index in [9.17, 15) is 14.0 Å². The van der Waals surface area contributed by atoms with Gasteiger partial charge in [-0.05, 0) is 31.2 Å². The summed E-state index contributed by atoms with van der Waals surface area (Å²) in [5, 5.41) is 9.89. The Morgan fingerprint density at radius 3 is 2.70 bits per heavy atom. The van der Waals surface area contributed by atoms with Gasteiger partial charge in [0.15, 0.2) is 22.4 Å². The molecule has 4 rings (SSSR count). The van der Waals surface area contributed by atoms with Crippen molar-refractivity contribution in [3.63, 3.8) is 0 Å². The molecule has 0 fully saturated rings. The summed E-state index contributed by atoms with van der Waals surface area (Å²) in [4.78, 5) is 29.7. The first-order valence-corrected chi connectivity index (χ1v) is 10.0. The van der Waals surface area contributed by atoms with Crippen LogP contribution in [0.2, 0.25) is 0 Å². The summed E-state index contributed by atoms with van der Waals surface area (Å²) in [6.45, 7) is 2.13. The molecule has 0 saturated carbocycles. The Labute approximate surface area is 174 Å². The summed E-state index contributed by atoms with van der Waals surface area (Å²) in [7, 11) is 1.40. The van der Waals surface area contributed by atoms with Gasteiger partial charge in [-0.3, -0.25) is 14.9 Å². The van der Waals surface area contributed by atoms with Crippen molar-refractivity contribution >= 4 is 33.1 Å². The highest BCUT2D eigenvalue weighted by Gasteiger charge is 2.18. The van der Waals surface area contributed by atoms with Crippen molar-refractivity contribution in [2.45, 2.75) is 13.5 Å². The number of rotatable bonds is 5. The number of carbonyl (C=O) groups excluding carboxylic acids is 1. The maximum absolute atomic E-state index is 14.0. The molecule has 0 bridgehead atoms. The van der Waals surface area contributed by atoms with Crippen molar-refractivity contribution in [1.82, 2.24) is 14.8 Å². The molecule has 30 heavy (non-hydrogen) atoms. The molecule has 1 amide bonds. The lowest BCUT2D eigenvalue weighted by Crippen LogP contribution is -2.27. The van der Waals surface area contributed by atoms with Gasteiger partial charge in [0.1, 0.15) is 0 Å². The molecule has 2 aromatic heterocycles. The average molecular weight is 424 g/mol. The van der Waals surface area contributed by atoms with Crippen LogP contribution in [-0.4, -0.2) is 27.8 Å². The van der Waals surface area contributed by atoms with Gasteiger partial charge in [-0.2, -0.15) is 5.10 Å². The Morgan fingerprint density at radius 2 is 2.00 bits per heavy atom. The van der Waals surface area contributed by atoms with E-state index in [2.05, 4.69) is 15.4 Å². The number of nitrogens with one attached hydrogen (secondary N) is 1. The molecule has 0 saturated heterocycles. The normalized spacial score (nSPS) is 10.9. The summed E-state index contributed by atoms with van der Waals surface area (Å²) < 4.78 is 20.2. The fourth-order valence-electron chi connectivity index (χ4n) is 3.06. The zero-order valence-electron chi connectivity index (χ0n) is 16.2. The minimum atomic E-state index is -0.494. The van der Waals surface area contributed by atoms with E-state index in [1.807, 2.05) is 0 Å². The lowest BCUT2D eigenvalue weighted by atomic mass is 10.1. The number of amides is 1. The summed E-state index contributed by atoms with van der Waals surface area (Å²) in [6.07, 6.45) is 0. The summed E-state index contributed by atoms with van der Waals surface area (Å²) in [5.41, 5.74) is 0.975. The van der Waals surface area contributed by atoms with Crippen LogP contribution in [0.4, 0.5) is 9.52 Å². The fourth-order valence-corrected chi connectivity index (χ4v) is 3.78. The molecule has 1 N–H and O–H groups in total. The summed E-state index contributed by atoms with van der Waals surface area (Å²) in [5.74, 6) is -0.826. The molecular weight excluding hydrogens is 407 g/mol. The third kappa shape index (κ3) is 3.55. The van der Waals surface area contributed by atoms with E-state index >= 15 is 0 Å². The second-order valence-corrected chi connectivity index (χ2v) is 7.21. The van der Waals surface area contributed by atoms with Gasteiger partial charge >= 0.3 is 0 Å². The van der Waals surface area contributed by atoms with Crippen LogP contribution in [0, 0.1) is 5.82 Å². The Bertz CT molecular complexity index is 1320. The minimum absolute atomic E-state index is 0.138. The monoisotopic (exact) mass is 424 g/mol. The number of benzene rings is 2. The van der Waals surface area contributed by atoms with Crippen LogP contribution in [0.25, 0.3) is 22.0 Å². The van der Waals surface area contributed by atoms with Crippen molar-refractivity contribution in [3.05, 3.63) is 69.7 Å². The van der Waals surface area contributed by atoms with Crippen LogP contribution in [0.3, 0.4) is 0 Å². The van der Waals surface area contributed by atoms with Crippen LogP contribution in [0.15, 0.2) is 52.6 Å². The first-order valence-electron chi connectivity index (χ1n) is 9.12. The molecule has 152 valence electrons. The quantitative estimate of drug-likeness (QED) is 0.524. The molecule has 0 unspecified atom stereocenters. The van der Waals surface area contributed by atoms with E-state index < -0.39 is 11.7 Å². The van der Waals surface area contributed by atoms with E-state index in [1.54, 1.807) is 42.6 Å². The maximum Gasteiger partial charge on any atom is 0.278 e. The number of nitrogens with zero attached hydrogens (tertiary/aromatic N) is 3. The van der Waals surface area contributed by atoms with Gasteiger partial charge in [-0.15, -0.1) is 11.3 Å². The van der Waals surface area contributed by atoms with Crippen molar-refractivity contribution in [1.29, 1.82) is 0 Å². The Morgan fingerprint density at radius 1 is 1.23 bits per heavy atom. The van der Waals surface area contributed by atoms with E-state index in [-0.39, 0.29) is 17.0 Å². The Balaban J connectivity index is 1.65. The van der Waals surface area contributed by atoms with Gasteiger partial charge in [-0.1, -0.05) is 18.2 Å². The predicted molar refractivity (Wildman–Crippen MR) is 114 cm³/mol. The number of anilines is 1. The van der Waals surface area contributed by atoms with Crippen LogP contribution < -0.4 is 15.6 Å². The first kappa shape index (κ1) is 19.7. The van der Waals surface area contributed by atoms with E-state index in [0.29, 0.717) is 33.7 Å². The third-order valence-electron chi connectivity index (χ3n) is 4.55. The van der Waals surface area contributed by atoms with E-state index in [4.69, 9.17) is 4.74 Å². The number of hydrogen-bond acceptors (Lipinski definition) is 6. The standard InChI is InChI=1S/C21H17FN4O3S/c1-3-26-20(28)14-7-5-4-6-13(14)18(25-26)19(27)24-21-23-16(11-30-21)12-8-9-17(29-2)15(22)10-12/h4-11H,3H2,1-2H3,(H,23,24,27). The molecule has 0 spiro atoms. The van der Waals surface area contributed by atoms with Crippen LogP contribution in [0.5, 0.6) is 5.75 Å². The van der Waals surface area contributed by atoms with Crippen LogP contribution in [0.1, 0.15) is 17.4 Å². The zero-order chi connectivity index (χ0) is 21.3. The lowest BCUT2D eigenvalue weighted by molar-refractivity contribution is 0.102. The van der Waals surface area contributed by atoms with Crippen molar-refractivity contribution in [3.8, 4) is 17.0 Å². The first-order chi connectivity index (χ1) is 14.5. The van der Waals surface area contributed by atoms with Crippen LogP contribution >= 0.6 is 11.3 Å². The van der Waals surface area contributed by atoms with Crippen molar-refractivity contribution in [2.24, 2.45) is 0 Å². The molecule has 0 atom stereocenters. The third-order valence-corrected chi connectivity index (χ3v) is 5.31. The maximum atomic E-state index is 14.0. The molecule has 2 heterocycles. The lowest BCUT2D eigenvalue weighted by Gasteiger charge is -2.09. The highest BCUT2D eigenvalue weighted by atomic mass is 32.1. The highest BCUT2D eigenvalue weighted by Crippen LogP contribution is 2.28. The highest BCUT2D eigenvalue weighted by molar-refractivity contribution is 7.14. The van der Waals surface area contributed by atoms with E-state index in [0.717, 1.165) is 0 Å². The smallest absolute Gasteiger partial charge is 0.278 e. The molecule has 4 aromatic rings. The van der Waals surface area contributed by atoms with Crippen molar-refractivity contribution < 1.29 is 13.9 Å². The second-order valence-electron chi connectivity index (χ2n) is 6.36.